The summed E-state index contributed by atoms with van der Waals surface area (Å²) < 4.78 is 5.94. The fraction of sp³-hybridized carbons (Fsp3) is 0.803. The van der Waals surface area contributed by atoms with Crippen LogP contribution < -0.4 is 5.32 Å². The lowest BCUT2D eigenvalue weighted by Gasteiger charge is -2.24. The second-order valence-corrected chi connectivity index (χ2v) is 19.7. The minimum atomic E-state index is -0.799. The number of hydrogen-bond acceptors (Lipinski definition) is 5. The predicted molar refractivity (Wildman–Crippen MR) is 292 cm³/mol. The Balaban J connectivity index is 4.61. The molecule has 0 bridgehead atoms. The van der Waals surface area contributed by atoms with Crippen molar-refractivity contribution in [1.29, 1.82) is 0 Å². The van der Waals surface area contributed by atoms with Gasteiger partial charge in [-0.2, -0.15) is 0 Å². The normalized spacial score (nSPS) is 13.6. The van der Waals surface area contributed by atoms with E-state index in [0.29, 0.717) is 19.3 Å². The summed E-state index contributed by atoms with van der Waals surface area (Å²) in [4.78, 5) is 26.3. The van der Waals surface area contributed by atoms with Crippen LogP contribution in [0.2, 0.25) is 0 Å². The smallest absolute Gasteiger partial charge is 0.306 e. The lowest BCUT2D eigenvalue weighted by atomic mass is 10.0. The van der Waals surface area contributed by atoms with Crippen molar-refractivity contribution in [3.63, 3.8) is 0 Å². The van der Waals surface area contributed by atoms with Gasteiger partial charge in [0.1, 0.15) is 6.10 Å². The van der Waals surface area contributed by atoms with E-state index in [9.17, 15) is 19.8 Å². The lowest BCUT2D eigenvalue weighted by molar-refractivity contribution is -0.151. The zero-order chi connectivity index (χ0) is 48.8. The molecule has 0 aliphatic rings. The largest absolute Gasteiger partial charge is 0.462 e. The molecule has 6 heteroatoms. The third-order valence-corrected chi connectivity index (χ3v) is 13.1. The highest BCUT2D eigenvalue weighted by atomic mass is 16.5. The molecule has 390 valence electrons. The molecular formula is C61H111NO5. The second-order valence-electron chi connectivity index (χ2n) is 19.7. The maximum Gasteiger partial charge on any atom is 0.306 e. The summed E-state index contributed by atoms with van der Waals surface area (Å²) in [5.41, 5.74) is 0. The van der Waals surface area contributed by atoms with Gasteiger partial charge in [-0.1, -0.05) is 242 Å². The Kier molecular flexibility index (Phi) is 52.5. The van der Waals surface area contributed by atoms with Crippen molar-refractivity contribution in [2.45, 2.75) is 309 Å². The number of allylic oxidation sites excluding steroid dienone is 10. The molecule has 0 fully saturated rings. The third kappa shape index (κ3) is 49.8. The highest BCUT2D eigenvalue weighted by molar-refractivity contribution is 5.77. The SMILES string of the molecule is CCCCC/C=C\C/C=C\C/C=C\C/C=C\CCCCCC(=O)OC(CCCCC/C=C/CCCCCCCCC)CC(=O)NC(CO)C(O)CCCCCCCCCCCCCCCCC. The number of esters is 1. The van der Waals surface area contributed by atoms with Gasteiger partial charge in [0.15, 0.2) is 0 Å². The van der Waals surface area contributed by atoms with E-state index in [1.807, 2.05) is 0 Å². The Bertz CT molecular complexity index is 1190. The number of hydrogen-bond donors (Lipinski definition) is 3. The summed E-state index contributed by atoms with van der Waals surface area (Å²) in [7, 11) is 0. The van der Waals surface area contributed by atoms with Crippen LogP contribution in [0.15, 0.2) is 60.8 Å². The Morgan fingerprint density at radius 1 is 0.433 bits per heavy atom. The summed E-state index contributed by atoms with van der Waals surface area (Å²) in [6.45, 7) is 6.46. The molecule has 0 rings (SSSR count). The van der Waals surface area contributed by atoms with Crippen LogP contribution in [0.1, 0.15) is 290 Å². The van der Waals surface area contributed by atoms with Crippen molar-refractivity contribution in [2.24, 2.45) is 0 Å². The lowest BCUT2D eigenvalue weighted by Crippen LogP contribution is -2.46. The van der Waals surface area contributed by atoms with Crippen LogP contribution in [0.3, 0.4) is 0 Å². The molecule has 0 aromatic heterocycles. The van der Waals surface area contributed by atoms with Crippen molar-refractivity contribution >= 4 is 11.9 Å². The minimum absolute atomic E-state index is 0.0539. The maximum absolute atomic E-state index is 13.3. The van der Waals surface area contributed by atoms with E-state index in [2.05, 4.69) is 86.8 Å². The molecule has 0 spiro atoms. The van der Waals surface area contributed by atoms with Gasteiger partial charge in [0, 0.05) is 6.42 Å². The zero-order valence-electron chi connectivity index (χ0n) is 44.5. The molecule has 3 N–H and O–H groups in total. The predicted octanol–water partition coefficient (Wildman–Crippen LogP) is 18.0. The van der Waals surface area contributed by atoms with Crippen LogP contribution in [0.25, 0.3) is 0 Å². The van der Waals surface area contributed by atoms with Crippen molar-refractivity contribution < 1.29 is 24.5 Å². The number of nitrogens with one attached hydrogen (secondary N) is 1. The first-order valence-electron chi connectivity index (χ1n) is 29.0. The maximum atomic E-state index is 13.3. The number of carbonyl (C=O) groups is 2. The van der Waals surface area contributed by atoms with Crippen LogP contribution in [-0.4, -0.2) is 46.9 Å². The van der Waals surface area contributed by atoms with Gasteiger partial charge in [0.25, 0.3) is 0 Å². The molecule has 3 unspecified atom stereocenters. The van der Waals surface area contributed by atoms with Crippen LogP contribution >= 0.6 is 0 Å². The van der Waals surface area contributed by atoms with Gasteiger partial charge in [-0.05, 0) is 96.3 Å². The van der Waals surface area contributed by atoms with E-state index in [4.69, 9.17) is 4.74 Å². The fourth-order valence-corrected chi connectivity index (χ4v) is 8.64. The second kappa shape index (κ2) is 54.5. The van der Waals surface area contributed by atoms with Crippen molar-refractivity contribution in [2.75, 3.05) is 6.61 Å². The first-order valence-corrected chi connectivity index (χ1v) is 29.0. The number of carbonyl (C=O) groups excluding carboxylic acids is 2. The molecule has 0 heterocycles. The number of unbranched alkanes of at least 4 members (excludes halogenated alkanes) is 30. The number of aliphatic hydroxyl groups is 2. The van der Waals surface area contributed by atoms with Crippen LogP contribution in [0.4, 0.5) is 0 Å². The van der Waals surface area contributed by atoms with Gasteiger partial charge in [-0.3, -0.25) is 9.59 Å². The average molecular weight is 939 g/mol. The first-order chi connectivity index (χ1) is 33.0. The van der Waals surface area contributed by atoms with Crippen molar-refractivity contribution in [1.82, 2.24) is 5.32 Å². The van der Waals surface area contributed by atoms with Crippen molar-refractivity contribution in [3.05, 3.63) is 60.8 Å². The molecule has 0 radical (unpaired) electrons. The molecule has 0 aliphatic heterocycles. The fourth-order valence-electron chi connectivity index (χ4n) is 8.64. The molecule has 0 aromatic rings. The molecular weight excluding hydrogens is 827 g/mol. The first kappa shape index (κ1) is 64.6. The Hall–Kier alpha value is -2.44. The summed E-state index contributed by atoms with van der Waals surface area (Å²) in [6.07, 6.45) is 68.5. The monoisotopic (exact) mass is 938 g/mol. The Labute approximate surface area is 416 Å². The average Bonchev–Trinajstić information content (AvgIpc) is 3.32. The van der Waals surface area contributed by atoms with Gasteiger partial charge in [-0.15, -0.1) is 0 Å². The van der Waals surface area contributed by atoms with Crippen molar-refractivity contribution in [3.8, 4) is 0 Å². The summed E-state index contributed by atoms with van der Waals surface area (Å²) in [5, 5.41) is 23.9. The van der Waals surface area contributed by atoms with Crippen LogP contribution in [0.5, 0.6) is 0 Å². The van der Waals surface area contributed by atoms with E-state index in [0.717, 1.165) is 96.3 Å². The topological polar surface area (TPSA) is 95.9 Å². The molecule has 6 nitrogen and oxygen atoms in total. The molecule has 1 amide bonds. The molecule has 0 aliphatic carbocycles. The van der Waals surface area contributed by atoms with Gasteiger partial charge in [-0.25, -0.2) is 0 Å². The van der Waals surface area contributed by atoms with E-state index in [-0.39, 0.29) is 24.9 Å². The molecule has 0 saturated heterocycles. The molecule has 67 heavy (non-hydrogen) atoms. The minimum Gasteiger partial charge on any atom is -0.462 e. The third-order valence-electron chi connectivity index (χ3n) is 13.1. The standard InChI is InChI=1S/C61H111NO5/c1-4-7-10-13-16-19-22-25-28-29-30-31-33-36-39-42-45-48-51-54-61(66)67-57(52-49-46-43-40-37-34-27-24-21-18-15-12-9-6-3)55-60(65)62-58(56-63)59(64)53-50-47-44-41-38-35-32-26-23-20-17-14-11-8-5-2/h16,19,25,28,30-31,34,36-37,39,57-59,63-64H,4-15,17-18,20-24,26-27,29,32-33,35,38,40-56H2,1-3H3,(H,62,65)/b19-16-,28-25-,31-30-,37-34+,39-36-. The number of amides is 1. The van der Waals surface area contributed by atoms with Crippen LogP contribution in [-0.2, 0) is 14.3 Å². The highest BCUT2D eigenvalue weighted by Gasteiger charge is 2.24. The highest BCUT2D eigenvalue weighted by Crippen LogP contribution is 2.18. The quantitative estimate of drug-likeness (QED) is 0.0321. The van der Waals surface area contributed by atoms with E-state index in [1.54, 1.807) is 0 Å². The molecule has 3 atom stereocenters. The summed E-state index contributed by atoms with van der Waals surface area (Å²) in [6, 6.07) is -0.715. The summed E-state index contributed by atoms with van der Waals surface area (Å²) >= 11 is 0. The van der Waals surface area contributed by atoms with E-state index in [1.165, 1.54) is 148 Å². The van der Waals surface area contributed by atoms with Gasteiger partial charge < -0.3 is 20.3 Å². The Morgan fingerprint density at radius 2 is 0.761 bits per heavy atom. The van der Waals surface area contributed by atoms with Crippen LogP contribution in [0, 0.1) is 0 Å². The number of ether oxygens (including phenoxy) is 1. The van der Waals surface area contributed by atoms with E-state index < -0.39 is 18.2 Å². The molecule has 0 saturated carbocycles. The summed E-state index contributed by atoms with van der Waals surface area (Å²) in [5.74, 6) is -0.518. The van der Waals surface area contributed by atoms with Gasteiger partial charge in [0.2, 0.25) is 5.91 Å². The number of rotatable bonds is 52. The van der Waals surface area contributed by atoms with Gasteiger partial charge in [0.05, 0.1) is 25.2 Å². The van der Waals surface area contributed by atoms with E-state index >= 15 is 0 Å². The van der Waals surface area contributed by atoms with Gasteiger partial charge >= 0.3 is 5.97 Å². The number of aliphatic hydroxyl groups excluding tert-OH is 2. The Morgan fingerprint density at radius 3 is 1.21 bits per heavy atom. The molecule has 0 aromatic carbocycles. The zero-order valence-corrected chi connectivity index (χ0v) is 44.5.